The average Bonchev–Trinajstić information content (AvgIpc) is 2.86. The monoisotopic (exact) mass is 370 g/mol. The highest BCUT2D eigenvalue weighted by Crippen LogP contribution is 2.30. The highest BCUT2D eigenvalue weighted by atomic mass is 32.1. The molecular formula is C13H8F6N2O2S. The van der Waals surface area contributed by atoms with Crippen LogP contribution in [0.4, 0.5) is 32.0 Å². The van der Waals surface area contributed by atoms with E-state index in [2.05, 4.69) is 0 Å². The average molecular weight is 370 g/mol. The van der Waals surface area contributed by atoms with Crippen LogP contribution in [0.3, 0.4) is 0 Å². The van der Waals surface area contributed by atoms with Gasteiger partial charge in [-0.2, -0.15) is 0 Å². The van der Waals surface area contributed by atoms with Crippen LogP contribution in [-0.2, 0) is 6.54 Å². The Labute approximate surface area is 134 Å². The van der Waals surface area contributed by atoms with Gasteiger partial charge in [-0.05, 0) is 6.07 Å². The van der Waals surface area contributed by atoms with Gasteiger partial charge in [-0.1, -0.05) is 0 Å². The fraction of sp³-hybridized carbons (Fsp3) is 0.231. The van der Waals surface area contributed by atoms with Crippen molar-refractivity contribution in [3.8, 4) is 0 Å². The van der Waals surface area contributed by atoms with Crippen LogP contribution in [0, 0.1) is 11.6 Å². The predicted octanol–water partition coefficient (Wildman–Crippen LogP) is 3.64. The third-order valence-electron chi connectivity index (χ3n) is 2.77. The second-order valence-electron chi connectivity index (χ2n) is 4.50. The van der Waals surface area contributed by atoms with Gasteiger partial charge in [0.1, 0.15) is 10.7 Å². The Morgan fingerprint density at radius 3 is 2.38 bits per heavy atom. The van der Waals surface area contributed by atoms with Gasteiger partial charge in [-0.3, -0.25) is 9.59 Å². The van der Waals surface area contributed by atoms with Crippen LogP contribution in [0.25, 0.3) is 0 Å². The predicted molar refractivity (Wildman–Crippen MR) is 73.9 cm³/mol. The first-order valence-electron chi connectivity index (χ1n) is 6.26. The van der Waals surface area contributed by atoms with Crippen molar-refractivity contribution in [2.75, 3.05) is 5.32 Å². The lowest BCUT2D eigenvalue weighted by Gasteiger charge is -2.09. The topological polar surface area (TPSA) is 51.1 Å². The SMILES string of the molecule is O=C(Nc1cc(F)c(=O)n(CC(F)F)c1)c1cc(F)c(C(F)F)s1. The Hall–Kier alpha value is -2.30. The molecule has 2 heterocycles. The maximum absolute atomic E-state index is 13.4. The number of halogens is 6. The highest BCUT2D eigenvalue weighted by Gasteiger charge is 2.21. The van der Waals surface area contributed by atoms with Crippen molar-refractivity contribution in [2.45, 2.75) is 19.4 Å². The number of carbonyl (C=O) groups excluding carboxylic acids is 1. The van der Waals surface area contributed by atoms with Crippen molar-refractivity contribution in [3.05, 3.63) is 50.1 Å². The quantitative estimate of drug-likeness (QED) is 0.817. The third-order valence-corrected chi connectivity index (χ3v) is 3.89. The molecule has 0 aliphatic heterocycles. The van der Waals surface area contributed by atoms with Crippen LogP contribution < -0.4 is 10.9 Å². The molecular weight excluding hydrogens is 362 g/mol. The van der Waals surface area contributed by atoms with E-state index in [4.69, 9.17) is 0 Å². The van der Waals surface area contributed by atoms with Gasteiger partial charge in [0, 0.05) is 12.3 Å². The van der Waals surface area contributed by atoms with E-state index in [1.54, 1.807) is 0 Å². The maximum Gasteiger partial charge on any atom is 0.286 e. The van der Waals surface area contributed by atoms with Gasteiger partial charge >= 0.3 is 0 Å². The number of nitrogens with zero attached hydrogens (tertiary/aromatic N) is 1. The molecule has 1 N–H and O–H groups in total. The zero-order valence-electron chi connectivity index (χ0n) is 11.5. The van der Waals surface area contributed by atoms with Crippen molar-refractivity contribution in [2.24, 2.45) is 0 Å². The second kappa shape index (κ2) is 7.07. The minimum absolute atomic E-state index is 0.198. The van der Waals surface area contributed by atoms with E-state index in [1.165, 1.54) is 0 Å². The summed E-state index contributed by atoms with van der Waals surface area (Å²) in [6.45, 7) is -1.09. The number of carbonyl (C=O) groups is 1. The Morgan fingerprint density at radius 1 is 1.17 bits per heavy atom. The zero-order valence-corrected chi connectivity index (χ0v) is 12.4. The molecule has 24 heavy (non-hydrogen) atoms. The summed E-state index contributed by atoms with van der Waals surface area (Å²) in [5.41, 5.74) is -1.67. The van der Waals surface area contributed by atoms with Crippen molar-refractivity contribution < 1.29 is 31.1 Å². The van der Waals surface area contributed by atoms with Gasteiger partial charge in [0.25, 0.3) is 24.3 Å². The molecule has 1 amide bonds. The molecule has 0 aliphatic carbocycles. The molecule has 0 aliphatic rings. The third kappa shape index (κ3) is 3.96. The Morgan fingerprint density at radius 2 is 1.83 bits per heavy atom. The van der Waals surface area contributed by atoms with E-state index in [9.17, 15) is 35.9 Å². The molecule has 0 unspecified atom stereocenters. The molecule has 0 saturated heterocycles. The van der Waals surface area contributed by atoms with E-state index in [-0.39, 0.29) is 17.0 Å². The molecule has 2 rings (SSSR count). The van der Waals surface area contributed by atoms with Crippen molar-refractivity contribution in [1.29, 1.82) is 0 Å². The summed E-state index contributed by atoms with van der Waals surface area (Å²) in [7, 11) is 0. The van der Waals surface area contributed by atoms with Crippen LogP contribution >= 0.6 is 11.3 Å². The number of hydrogen-bond donors (Lipinski definition) is 1. The highest BCUT2D eigenvalue weighted by molar-refractivity contribution is 7.14. The summed E-state index contributed by atoms with van der Waals surface area (Å²) < 4.78 is 76.7. The molecule has 130 valence electrons. The number of alkyl halides is 4. The smallest absolute Gasteiger partial charge is 0.286 e. The molecule has 2 aromatic rings. The summed E-state index contributed by atoms with van der Waals surface area (Å²) in [6, 6.07) is 1.16. The Kier molecular flexibility index (Phi) is 5.32. The fourth-order valence-electron chi connectivity index (χ4n) is 1.79. The van der Waals surface area contributed by atoms with E-state index >= 15 is 0 Å². The number of nitrogens with one attached hydrogen (secondary N) is 1. The summed E-state index contributed by atoms with van der Waals surface area (Å²) in [5.74, 6) is -3.71. The minimum atomic E-state index is -3.11. The fourth-order valence-corrected chi connectivity index (χ4v) is 2.58. The standard InChI is InChI=1S/C13H8F6N2O2S/c14-6-2-8(24-10(6)11(18)19)12(22)20-5-1-7(15)13(23)21(3-5)4-9(16)17/h1-3,9,11H,4H2,(H,20,22). The minimum Gasteiger partial charge on any atom is -0.320 e. The second-order valence-corrected chi connectivity index (χ2v) is 5.59. The van der Waals surface area contributed by atoms with Gasteiger partial charge in [0.2, 0.25) is 0 Å². The first-order valence-corrected chi connectivity index (χ1v) is 7.07. The van der Waals surface area contributed by atoms with Gasteiger partial charge in [-0.25, -0.2) is 26.3 Å². The Bertz CT molecular complexity index is 817. The number of hydrogen-bond acceptors (Lipinski definition) is 3. The van der Waals surface area contributed by atoms with Gasteiger partial charge in [0.15, 0.2) is 5.82 Å². The maximum atomic E-state index is 13.4. The van der Waals surface area contributed by atoms with Crippen LogP contribution in [0.5, 0.6) is 0 Å². The molecule has 0 aromatic carbocycles. The van der Waals surface area contributed by atoms with E-state index in [0.29, 0.717) is 16.7 Å². The summed E-state index contributed by atoms with van der Waals surface area (Å²) in [5, 5.41) is 2.03. The normalized spacial score (nSPS) is 11.3. The lowest BCUT2D eigenvalue weighted by atomic mass is 10.3. The first-order chi connectivity index (χ1) is 11.2. The number of anilines is 1. The van der Waals surface area contributed by atoms with Crippen LogP contribution in [-0.4, -0.2) is 16.9 Å². The number of amides is 1. The van der Waals surface area contributed by atoms with Crippen LogP contribution in [0.2, 0.25) is 0 Å². The molecule has 0 atom stereocenters. The summed E-state index contributed by atoms with van der Waals surface area (Å²) in [4.78, 5) is 21.9. The zero-order chi connectivity index (χ0) is 18.0. The number of thiophene rings is 1. The Balaban J connectivity index is 2.27. The van der Waals surface area contributed by atoms with E-state index in [0.717, 1.165) is 6.20 Å². The van der Waals surface area contributed by atoms with E-state index in [1.807, 2.05) is 5.32 Å². The molecule has 0 bridgehead atoms. The molecule has 0 radical (unpaired) electrons. The number of pyridine rings is 1. The lowest BCUT2D eigenvalue weighted by Crippen LogP contribution is -2.26. The molecule has 11 heteroatoms. The van der Waals surface area contributed by atoms with Crippen molar-refractivity contribution in [3.63, 3.8) is 0 Å². The van der Waals surface area contributed by atoms with Gasteiger partial charge < -0.3 is 9.88 Å². The first kappa shape index (κ1) is 18.0. The van der Waals surface area contributed by atoms with Crippen LogP contribution in [0.1, 0.15) is 21.0 Å². The molecule has 0 spiro atoms. The van der Waals surface area contributed by atoms with E-state index < -0.39 is 52.3 Å². The molecule has 4 nitrogen and oxygen atoms in total. The molecule has 0 fully saturated rings. The molecule has 0 saturated carbocycles. The number of aromatic nitrogens is 1. The van der Waals surface area contributed by atoms with Crippen molar-refractivity contribution in [1.82, 2.24) is 4.57 Å². The summed E-state index contributed by atoms with van der Waals surface area (Å²) in [6.07, 6.45) is -5.28. The molecule has 2 aromatic heterocycles. The van der Waals surface area contributed by atoms with Crippen LogP contribution in [0.15, 0.2) is 23.1 Å². The largest absolute Gasteiger partial charge is 0.320 e. The van der Waals surface area contributed by atoms with Gasteiger partial charge in [-0.15, -0.1) is 11.3 Å². The van der Waals surface area contributed by atoms with Gasteiger partial charge in [0.05, 0.1) is 17.1 Å². The summed E-state index contributed by atoms with van der Waals surface area (Å²) >= 11 is 0.198. The lowest BCUT2D eigenvalue weighted by molar-refractivity contribution is 0.103. The number of rotatable bonds is 5. The van der Waals surface area contributed by atoms with Crippen molar-refractivity contribution >= 4 is 22.9 Å².